The second-order valence-corrected chi connectivity index (χ2v) is 4.20. The standard InChI is InChI=1S/C14H18N4/c1-11-14(17-9-8-16-11)18-10-13-4-2-12(3-5-13)6-7-15/h2-5,8-9H,6-7,10,15H2,1H3,(H,17,18). The zero-order valence-electron chi connectivity index (χ0n) is 10.6. The highest BCUT2D eigenvalue weighted by Crippen LogP contribution is 2.10. The number of anilines is 1. The van der Waals surface area contributed by atoms with Crippen LogP contribution < -0.4 is 11.1 Å². The molecule has 0 radical (unpaired) electrons. The monoisotopic (exact) mass is 242 g/mol. The minimum atomic E-state index is 0.691. The van der Waals surface area contributed by atoms with Crippen molar-refractivity contribution >= 4 is 5.82 Å². The number of hydrogen-bond acceptors (Lipinski definition) is 4. The van der Waals surface area contributed by atoms with Crippen molar-refractivity contribution in [1.29, 1.82) is 0 Å². The molecule has 1 heterocycles. The van der Waals surface area contributed by atoms with Crippen LogP contribution in [0.15, 0.2) is 36.7 Å². The van der Waals surface area contributed by atoms with Gasteiger partial charge in [-0.2, -0.15) is 0 Å². The maximum Gasteiger partial charge on any atom is 0.147 e. The molecule has 4 heteroatoms. The van der Waals surface area contributed by atoms with Crippen molar-refractivity contribution in [2.24, 2.45) is 5.73 Å². The van der Waals surface area contributed by atoms with E-state index in [1.807, 2.05) is 6.92 Å². The van der Waals surface area contributed by atoms with Crippen molar-refractivity contribution < 1.29 is 0 Å². The van der Waals surface area contributed by atoms with Gasteiger partial charge < -0.3 is 11.1 Å². The predicted octanol–water partition coefficient (Wildman–Crippen LogP) is 1.90. The Morgan fingerprint density at radius 2 is 1.72 bits per heavy atom. The summed E-state index contributed by atoms with van der Waals surface area (Å²) in [4.78, 5) is 8.44. The number of benzene rings is 1. The van der Waals surface area contributed by atoms with E-state index in [2.05, 4.69) is 39.6 Å². The second kappa shape index (κ2) is 6.12. The molecule has 2 rings (SSSR count). The molecule has 94 valence electrons. The maximum absolute atomic E-state index is 5.52. The van der Waals surface area contributed by atoms with E-state index < -0.39 is 0 Å². The molecule has 1 aromatic heterocycles. The molecule has 0 aliphatic carbocycles. The van der Waals surface area contributed by atoms with Gasteiger partial charge in [-0.25, -0.2) is 4.98 Å². The normalized spacial score (nSPS) is 10.3. The van der Waals surface area contributed by atoms with E-state index in [1.165, 1.54) is 11.1 Å². The molecule has 0 aliphatic rings. The maximum atomic E-state index is 5.52. The molecule has 0 aliphatic heterocycles. The third-order valence-electron chi connectivity index (χ3n) is 2.80. The van der Waals surface area contributed by atoms with Crippen LogP contribution in [0.25, 0.3) is 0 Å². The molecule has 0 amide bonds. The summed E-state index contributed by atoms with van der Waals surface area (Å²) in [6.07, 6.45) is 4.32. The third-order valence-corrected chi connectivity index (χ3v) is 2.80. The molecule has 2 aromatic rings. The van der Waals surface area contributed by atoms with Crippen molar-refractivity contribution in [3.63, 3.8) is 0 Å². The zero-order chi connectivity index (χ0) is 12.8. The summed E-state index contributed by atoms with van der Waals surface area (Å²) < 4.78 is 0. The van der Waals surface area contributed by atoms with Crippen LogP contribution in [0, 0.1) is 6.92 Å². The van der Waals surface area contributed by atoms with Gasteiger partial charge in [0.15, 0.2) is 0 Å². The zero-order valence-corrected chi connectivity index (χ0v) is 10.6. The summed E-state index contributed by atoms with van der Waals surface area (Å²) in [6.45, 7) is 3.39. The smallest absolute Gasteiger partial charge is 0.147 e. The van der Waals surface area contributed by atoms with E-state index in [-0.39, 0.29) is 0 Å². The second-order valence-electron chi connectivity index (χ2n) is 4.20. The van der Waals surface area contributed by atoms with Gasteiger partial charge in [-0.15, -0.1) is 0 Å². The fourth-order valence-electron chi connectivity index (χ4n) is 1.76. The first-order chi connectivity index (χ1) is 8.79. The number of nitrogens with two attached hydrogens (primary N) is 1. The molecular weight excluding hydrogens is 224 g/mol. The lowest BCUT2D eigenvalue weighted by Crippen LogP contribution is -2.05. The van der Waals surface area contributed by atoms with Gasteiger partial charge in [0.05, 0.1) is 5.69 Å². The van der Waals surface area contributed by atoms with Crippen LogP contribution in [-0.4, -0.2) is 16.5 Å². The van der Waals surface area contributed by atoms with Gasteiger partial charge in [0, 0.05) is 18.9 Å². The number of nitrogens with zero attached hydrogens (tertiary/aromatic N) is 2. The van der Waals surface area contributed by atoms with Gasteiger partial charge in [0.1, 0.15) is 5.82 Å². The van der Waals surface area contributed by atoms with E-state index in [1.54, 1.807) is 12.4 Å². The molecular formula is C14H18N4. The van der Waals surface area contributed by atoms with Crippen molar-refractivity contribution in [3.8, 4) is 0 Å². The van der Waals surface area contributed by atoms with Crippen molar-refractivity contribution in [1.82, 2.24) is 9.97 Å². The first-order valence-corrected chi connectivity index (χ1v) is 6.09. The van der Waals surface area contributed by atoms with Gasteiger partial charge in [0.2, 0.25) is 0 Å². The van der Waals surface area contributed by atoms with E-state index in [9.17, 15) is 0 Å². The van der Waals surface area contributed by atoms with Gasteiger partial charge >= 0.3 is 0 Å². The lowest BCUT2D eigenvalue weighted by Gasteiger charge is -2.08. The Kier molecular flexibility index (Phi) is 4.25. The van der Waals surface area contributed by atoms with Crippen LogP contribution in [-0.2, 0) is 13.0 Å². The average molecular weight is 242 g/mol. The van der Waals surface area contributed by atoms with E-state index in [0.717, 1.165) is 24.5 Å². The topological polar surface area (TPSA) is 63.8 Å². The summed E-state index contributed by atoms with van der Waals surface area (Å²) in [7, 11) is 0. The van der Waals surface area contributed by atoms with Crippen LogP contribution in [0.4, 0.5) is 5.82 Å². The van der Waals surface area contributed by atoms with Crippen molar-refractivity contribution in [3.05, 3.63) is 53.5 Å². The summed E-state index contributed by atoms with van der Waals surface area (Å²) in [5.41, 5.74) is 8.93. The summed E-state index contributed by atoms with van der Waals surface area (Å²) >= 11 is 0. The highest BCUT2D eigenvalue weighted by molar-refractivity contribution is 5.39. The quantitative estimate of drug-likeness (QED) is 0.840. The van der Waals surface area contributed by atoms with Gasteiger partial charge in [-0.3, -0.25) is 4.98 Å². The molecule has 0 spiro atoms. The van der Waals surface area contributed by atoms with Crippen LogP contribution >= 0.6 is 0 Å². The summed E-state index contributed by atoms with van der Waals surface area (Å²) in [6, 6.07) is 8.47. The van der Waals surface area contributed by atoms with Crippen LogP contribution in [0.3, 0.4) is 0 Å². The molecule has 0 unspecified atom stereocenters. The lowest BCUT2D eigenvalue weighted by molar-refractivity contribution is 0.965. The molecule has 18 heavy (non-hydrogen) atoms. The average Bonchev–Trinajstić information content (AvgIpc) is 2.40. The van der Waals surface area contributed by atoms with Crippen LogP contribution in [0.5, 0.6) is 0 Å². The minimum Gasteiger partial charge on any atom is -0.364 e. The van der Waals surface area contributed by atoms with Crippen molar-refractivity contribution in [2.75, 3.05) is 11.9 Å². The number of rotatable bonds is 5. The highest BCUT2D eigenvalue weighted by atomic mass is 15.0. The molecule has 0 saturated carbocycles. The summed E-state index contributed by atoms with van der Waals surface area (Å²) in [5, 5.41) is 3.28. The molecule has 0 bridgehead atoms. The molecule has 3 N–H and O–H groups in total. The Morgan fingerprint density at radius 1 is 1.06 bits per heavy atom. The first-order valence-electron chi connectivity index (χ1n) is 6.09. The SMILES string of the molecule is Cc1nccnc1NCc1ccc(CCN)cc1. The Morgan fingerprint density at radius 3 is 2.39 bits per heavy atom. The molecule has 4 nitrogen and oxygen atoms in total. The molecule has 1 aromatic carbocycles. The number of hydrogen-bond donors (Lipinski definition) is 2. The van der Waals surface area contributed by atoms with Crippen molar-refractivity contribution in [2.45, 2.75) is 19.9 Å². The van der Waals surface area contributed by atoms with E-state index in [0.29, 0.717) is 6.54 Å². The Hall–Kier alpha value is -1.94. The fraction of sp³-hybridized carbons (Fsp3) is 0.286. The third kappa shape index (κ3) is 3.28. The Bertz CT molecular complexity index is 493. The minimum absolute atomic E-state index is 0.691. The van der Waals surface area contributed by atoms with E-state index >= 15 is 0 Å². The largest absolute Gasteiger partial charge is 0.364 e. The van der Waals surface area contributed by atoms with Gasteiger partial charge in [-0.1, -0.05) is 24.3 Å². The molecule has 0 atom stereocenters. The Balaban J connectivity index is 1.96. The van der Waals surface area contributed by atoms with Crippen LogP contribution in [0.2, 0.25) is 0 Å². The van der Waals surface area contributed by atoms with E-state index in [4.69, 9.17) is 5.73 Å². The number of nitrogens with one attached hydrogen (secondary N) is 1. The molecule has 0 saturated heterocycles. The fourth-order valence-corrected chi connectivity index (χ4v) is 1.76. The lowest BCUT2D eigenvalue weighted by atomic mass is 10.1. The first kappa shape index (κ1) is 12.5. The van der Waals surface area contributed by atoms with Gasteiger partial charge in [0.25, 0.3) is 0 Å². The Labute approximate surface area is 107 Å². The predicted molar refractivity (Wildman–Crippen MR) is 73.3 cm³/mol. The highest BCUT2D eigenvalue weighted by Gasteiger charge is 1.99. The number of aromatic nitrogens is 2. The summed E-state index contributed by atoms with van der Waals surface area (Å²) in [5.74, 6) is 0.837. The van der Waals surface area contributed by atoms with Gasteiger partial charge in [-0.05, 0) is 31.0 Å². The molecule has 0 fully saturated rings. The number of aryl methyl sites for hydroxylation is 1. The van der Waals surface area contributed by atoms with Crippen LogP contribution in [0.1, 0.15) is 16.8 Å².